The Morgan fingerprint density at radius 1 is 1.00 bits per heavy atom. The zero-order valence-electron chi connectivity index (χ0n) is 11.2. The molecule has 106 valence electrons. The highest BCUT2D eigenvalue weighted by molar-refractivity contribution is 5.87. The Morgan fingerprint density at radius 3 is 2.32 bits per heavy atom. The largest absolute Gasteiger partial charge is 0.478 e. The van der Waals surface area contributed by atoms with Gasteiger partial charge >= 0.3 is 5.97 Å². The summed E-state index contributed by atoms with van der Waals surface area (Å²) in [4.78, 5) is 10.7. The summed E-state index contributed by atoms with van der Waals surface area (Å²) >= 11 is 0. The lowest BCUT2D eigenvalue weighted by molar-refractivity contribution is 0.0697. The molecule has 0 atom stereocenters. The maximum Gasteiger partial charge on any atom is 0.335 e. The van der Waals surface area contributed by atoms with Crippen molar-refractivity contribution in [2.45, 2.75) is 32.1 Å². The first kappa shape index (κ1) is 15.7. The maximum atomic E-state index is 10.7. The fourth-order valence-electron chi connectivity index (χ4n) is 1.78. The lowest BCUT2D eigenvalue weighted by Gasteiger charge is -2.05. The number of carboxylic acids is 1. The van der Waals surface area contributed by atoms with Gasteiger partial charge in [-0.1, -0.05) is 25.0 Å². The van der Waals surface area contributed by atoms with Crippen LogP contribution in [0.2, 0.25) is 0 Å². The zero-order chi connectivity index (χ0) is 13.9. The highest BCUT2D eigenvalue weighted by Crippen LogP contribution is 2.06. The third-order valence-corrected chi connectivity index (χ3v) is 2.93. The Bertz CT molecular complexity index is 359. The van der Waals surface area contributed by atoms with Gasteiger partial charge in [-0.15, -0.1) is 0 Å². The Labute approximate surface area is 114 Å². The summed E-state index contributed by atoms with van der Waals surface area (Å²) < 4.78 is 5.52. The fraction of sp³-hybridized carbons (Fsp3) is 0.533. The van der Waals surface area contributed by atoms with E-state index < -0.39 is 5.97 Å². The van der Waals surface area contributed by atoms with Crippen molar-refractivity contribution in [1.29, 1.82) is 0 Å². The number of aliphatic hydroxyl groups excluding tert-OH is 1. The molecule has 0 saturated heterocycles. The van der Waals surface area contributed by atoms with Gasteiger partial charge in [0.15, 0.2) is 0 Å². The Hall–Kier alpha value is -1.39. The molecule has 0 fully saturated rings. The van der Waals surface area contributed by atoms with Gasteiger partial charge < -0.3 is 14.9 Å². The van der Waals surface area contributed by atoms with E-state index in [1.807, 2.05) is 12.1 Å². The molecule has 0 spiro atoms. The lowest BCUT2D eigenvalue weighted by atomic mass is 10.1. The van der Waals surface area contributed by atoms with E-state index in [1.54, 1.807) is 12.1 Å². The van der Waals surface area contributed by atoms with Crippen LogP contribution in [0.15, 0.2) is 24.3 Å². The molecule has 0 heterocycles. The summed E-state index contributed by atoms with van der Waals surface area (Å²) in [7, 11) is 0. The molecule has 4 heteroatoms. The van der Waals surface area contributed by atoms with Crippen LogP contribution >= 0.6 is 0 Å². The number of unbranched alkanes of at least 4 members (excludes halogenated alkanes) is 3. The van der Waals surface area contributed by atoms with E-state index in [-0.39, 0.29) is 6.61 Å². The van der Waals surface area contributed by atoms with Crippen LogP contribution in [-0.4, -0.2) is 36.0 Å². The minimum absolute atomic E-state index is 0.271. The molecule has 0 aliphatic rings. The molecule has 0 aromatic heterocycles. The highest BCUT2D eigenvalue weighted by Gasteiger charge is 2.01. The quantitative estimate of drug-likeness (QED) is 0.638. The van der Waals surface area contributed by atoms with E-state index >= 15 is 0 Å². The van der Waals surface area contributed by atoms with E-state index in [2.05, 4.69) is 0 Å². The smallest absolute Gasteiger partial charge is 0.335 e. The Morgan fingerprint density at radius 2 is 1.68 bits per heavy atom. The van der Waals surface area contributed by atoms with Crippen molar-refractivity contribution in [1.82, 2.24) is 0 Å². The molecule has 0 aliphatic carbocycles. The van der Waals surface area contributed by atoms with Gasteiger partial charge in [-0.2, -0.15) is 0 Å². The summed E-state index contributed by atoms with van der Waals surface area (Å²) in [5.74, 6) is -0.898. The molecule has 0 aliphatic heterocycles. The molecular weight excluding hydrogens is 244 g/mol. The van der Waals surface area contributed by atoms with Crippen LogP contribution in [0.3, 0.4) is 0 Å². The Kier molecular flexibility index (Phi) is 7.86. The molecule has 1 aromatic carbocycles. The summed E-state index contributed by atoms with van der Waals surface area (Å²) in [5, 5.41) is 17.4. The van der Waals surface area contributed by atoms with Crippen molar-refractivity contribution in [2.75, 3.05) is 19.8 Å². The summed E-state index contributed by atoms with van der Waals surface area (Å²) in [5.41, 5.74) is 1.40. The van der Waals surface area contributed by atoms with Crippen LogP contribution < -0.4 is 0 Å². The second-order valence-corrected chi connectivity index (χ2v) is 4.50. The SMILES string of the molecule is O=C(O)c1ccc(CCOCCCCCCO)cc1. The number of benzene rings is 1. The lowest BCUT2D eigenvalue weighted by Crippen LogP contribution is -2.01. The molecular formula is C15H22O4. The minimum atomic E-state index is -0.898. The van der Waals surface area contributed by atoms with Crippen LogP contribution in [0.25, 0.3) is 0 Å². The van der Waals surface area contributed by atoms with E-state index in [1.165, 1.54) is 0 Å². The van der Waals surface area contributed by atoms with E-state index in [4.69, 9.17) is 14.9 Å². The van der Waals surface area contributed by atoms with Gasteiger partial charge in [0.25, 0.3) is 0 Å². The van der Waals surface area contributed by atoms with E-state index in [9.17, 15) is 4.79 Å². The van der Waals surface area contributed by atoms with Crippen molar-refractivity contribution >= 4 is 5.97 Å². The molecule has 1 aromatic rings. The van der Waals surface area contributed by atoms with Gasteiger partial charge in [0.1, 0.15) is 0 Å². The van der Waals surface area contributed by atoms with Crippen molar-refractivity contribution in [3.05, 3.63) is 35.4 Å². The molecule has 19 heavy (non-hydrogen) atoms. The third kappa shape index (κ3) is 6.94. The number of hydrogen-bond donors (Lipinski definition) is 2. The van der Waals surface area contributed by atoms with E-state index in [0.717, 1.165) is 44.3 Å². The normalized spacial score (nSPS) is 10.6. The minimum Gasteiger partial charge on any atom is -0.478 e. The highest BCUT2D eigenvalue weighted by atomic mass is 16.5. The number of ether oxygens (including phenoxy) is 1. The number of hydrogen-bond acceptors (Lipinski definition) is 3. The first-order chi connectivity index (χ1) is 9.24. The second kappa shape index (κ2) is 9.53. The zero-order valence-corrected chi connectivity index (χ0v) is 11.2. The van der Waals surface area contributed by atoms with Crippen LogP contribution in [0.4, 0.5) is 0 Å². The number of aliphatic hydroxyl groups is 1. The number of rotatable bonds is 10. The molecule has 1 rings (SSSR count). The second-order valence-electron chi connectivity index (χ2n) is 4.50. The first-order valence-electron chi connectivity index (χ1n) is 6.75. The predicted octanol–water partition coefficient (Wildman–Crippen LogP) is 2.50. The monoisotopic (exact) mass is 266 g/mol. The molecule has 4 nitrogen and oxygen atoms in total. The predicted molar refractivity (Wildman–Crippen MR) is 73.5 cm³/mol. The molecule has 0 unspecified atom stereocenters. The van der Waals surface area contributed by atoms with E-state index in [0.29, 0.717) is 12.2 Å². The summed E-state index contributed by atoms with van der Waals surface area (Å²) in [6, 6.07) is 6.89. The van der Waals surface area contributed by atoms with Crippen molar-refractivity contribution in [3.8, 4) is 0 Å². The summed E-state index contributed by atoms with van der Waals surface area (Å²) in [6.45, 7) is 1.68. The van der Waals surface area contributed by atoms with Crippen LogP contribution in [-0.2, 0) is 11.2 Å². The van der Waals surface area contributed by atoms with Gasteiger partial charge in [0, 0.05) is 13.2 Å². The van der Waals surface area contributed by atoms with Gasteiger partial charge in [-0.25, -0.2) is 4.79 Å². The third-order valence-electron chi connectivity index (χ3n) is 2.93. The van der Waals surface area contributed by atoms with Gasteiger partial charge in [0.05, 0.1) is 12.2 Å². The molecule has 0 saturated carbocycles. The van der Waals surface area contributed by atoms with Crippen molar-refractivity contribution < 1.29 is 19.7 Å². The van der Waals surface area contributed by atoms with Crippen LogP contribution in [0, 0.1) is 0 Å². The number of carboxylic acid groups (broad SMARTS) is 1. The number of aromatic carboxylic acids is 1. The molecule has 0 bridgehead atoms. The van der Waals surface area contributed by atoms with Crippen molar-refractivity contribution in [2.24, 2.45) is 0 Å². The van der Waals surface area contributed by atoms with Gasteiger partial charge in [-0.05, 0) is 37.0 Å². The van der Waals surface area contributed by atoms with Crippen LogP contribution in [0.1, 0.15) is 41.6 Å². The molecule has 0 amide bonds. The molecule has 0 radical (unpaired) electrons. The maximum absolute atomic E-state index is 10.7. The molecule has 2 N–H and O–H groups in total. The van der Waals surface area contributed by atoms with Gasteiger partial charge in [0.2, 0.25) is 0 Å². The van der Waals surface area contributed by atoms with Crippen LogP contribution in [0.5, 0.6) is 0 Å². The standard InChI is InChI=1S/C15H22O4/c16-10-3-1-2-4-11-19-12-9-13-5-7-14(8-6-13)15(17)18/h5-8,16H,1-4,9-12H2,(H,17,18). The summed E-state index contributed by atoms with van der Waals surface area (Å²) in [6.07, 6.45) is 4.84. The first-order valence-corrected chi connectivity index (χ1v) is 6.75. The van der Waals surface area contributed by atoms with Crippen molar-refractivity contribution in [3.63, 3.8) is 0 Å². The van der Waals surface area contributed by atoms with Gasteiger partial charge in [-0.3, -0.25) is 0 Å². The Balaban J connectivity index is 2.07. The average Bonchev–Trinajstić information content (AvgIpc) is 2.42. The fourth-order valence-corrected chi connectivity index (χ4v) is 1.78. The number of carbonyl (C=O) groups is 1. The average molecular weight is 266 g/mol. The topological polar surface area (TPSA) is 66.8 Å².